The van der Waals surface area contributed by atoms with Gasteiger partial charge in [-0.15, -0.1) is 0 Å². The fraction of sp³-hybridized carbons (Fsp3) is 0.222. The molecule has 1 aromatic heterocycles. The van der Waals surface area contributed by atoms with E-state index in [1.54, 1.807) is 20.1 Å². The average Bonchev–Trinajstić information content (AvgIpc) is 2.61. The van der Waals surface area contributed by atoms with Crippen LogP contribution in [0.25, 0.3) is 10.9 Å². The molecule has 4 nitrogen and oxygen atoms in total. The van der Waals surface area contributed by atoms with E-state index in [-0.39, 0.29) is 5.56 Å². The SMILES string of the molecule is COc1cc2ncnc(N[C@H](C)c3cccc(C(F)F)c3F)c2cc1I. The third-order valence-corrected chi connectivity index (χ3v) is 4.87. The first-order chi connectivity index (χ1) is 12.4. The second-order valence-electron chi connectivity index (χ2n) is 5.64. The molecule has 0 amide bonds. The third kappa shape index (κ3) is 3.55. The van der Waals surface area contributed by atoms with Crippen LogP contribution in [0.4, 0.5) is 19.0 Å². The summed E-state index contributed by atoms with van der Waals surface area (Å²) in [6.45, 7) is 1.69. The van der Waals surface area contributed by atoms with E-state index < -0.39 is 23.8 Å². The monoisotopic (exact) mass is 473 g/mol. The largest absolute Gasteiger partial charge is 0.496 e. The Morgan fingerprint density at radius 1 is 1.15 bits per heavy atom. The van der Waals surface area contributed by atoms with Gasteiger partial charge in [0.25, 0.3) is 6.43 Å². The number of aromatic nitrogens is 2. The molecule has 8 heteroatoms. The number of rotatable bonds is 5. The van der Waals surface area contributed by atoms with Crippen molar-refractivity contribution in [1.82, 2.24) is 9.97 Å². The van der Waals surface area contributed by atoms with Crippen LogP contribution >= 0.6 is 22.6 Å². The number of nitrogens with one attached hydrogen (secondary N) is 1. The van der Waals surface area contributed by atoms with Gasteiger partial charge in [0.05, 0.1) is 27.8 Å². The Bertz CT molecular complexity index is 952. The molecule has 0 aliphatic rings. The summed E-state index contributed by atoms with van der Waals surface area (Å²) in [4.78, 5) is 8.44. The van der Waals surface area contributed by atoms with Crippen LogP contribution in [0.15, 0.2) is 36.7 Å². The van der Waals surface area contributed by atoms with Crippen molar-refractivity contribution >= 4 is 39.3 Å². The number of hydrogen-bond donors (Lipinski definition) is 1. The predicted molar refractivity (Wildman–Crippen MR) is 102 cm³/mol. The number of halogens is 4. The van der Waals surface area contributed by atoms with Gasteiger partial charge in [-0.25, -0.2) is 23.1 Å². The van der Waals surface area contributed by atoms with Crippen molar-refractivity contribution in [2.24, 2.45) is 0 Å². The molecular weight excluding hydrogens is 458 g/mol. The van der Waals surface area contributed by atoms with Gasteiger partial charge < -0.3 is 10.1 Å². The molecule has 0 aliphatic heterocycles. The second-order valence-corrected chi connectivity index (χ2v) is 6.81. The summed E-state index contributed by atoms with van der Waals surface area (Å²) < 4.78 is 46.4. The molecule has 0 saturated carbocycles. The summed E-state index contributed by atoms with van der Waals surface area (Å²) >= 11 is 2.14. The highest BCUT2D eigenvalue weighted by Crippen LogP contribution is 2.32. The molecule has 3 rings (SSSR count). The van der Waals surface area contributed by atoms with Crippen molar-refractivity contribution in [3.05, 3.63) is 57.2 Å². The summed E-state index contributed by atoms with van der Waals surface area (Å²) in [5.74, 6) is 0.272. The van der Waals surface area contributed by atoms with E-state index in [1.165, 1.54) is 18.5 Å². The minimum Gasteiger partial charge on any atom is -0.496 e. The van der Waals surface area contributed by atoms with Crippen molar-refractivity contribution in [1.29, 1.82) is 0 Å². The van der Waals surface area contributed by atoms with Crippen molar-refractivity contribution in [2.45, 2.75) is 19.4 Å². The third-order valence-electron chi connectivity index (χ3n) is 4.02. The normalized spacial score (nSPS) is 12.4. The lowest BCUT2D eigenvalue weighted by atomic mass is 10.0. The maximum atomic E-state index is 14.4. The zero-order valence-corrected chi connectivity index (χ0v) is 16.1. The van der Waals surface area contributed by atoms with Gasteiger partial charge in [-0.3, -0.25) is 0 Å². The van der Waals surface area contributed by atoms with Crippen molar-refractivity contribution in [3.63, 3.8) is 0 Å². The average molecular weight is 473 g/mol. The van der Waals surface area contributed by atoms with E-state index >= 15 is 0 Å². The topological polar surface area (TPSA) is 47.0 Å². The van der Waals surface area contributed by atoms with E-state index in [0.29, 0.717) is 17.1 Å². The minimum atomic E-state index is -2.86. The maximum absolute atomic E-state index is 14.4. The van der Waals surface area contributed by atoms with Gasteiger partial charge in [0.15, 0.2) is 0 Å². The Hall–Kier alpha value is -2.10. The molecule has 0 unspecified atom stereocenters. The summed E-state index contributed by atoms with van der Waals surface area (Å²) in [7, 11) is 1.57. The van der Waals surface area contributed by atoms with Crippen LogP contribution in [0.5, 0.6) is 5.75 Å². The number of anilines is 1. The zero-order chi connectivity index (χ0) is 18.8. The fourth-order valence-electron chi connectivity index (χ4n) is 2.68. The Kier molecular flexibility index (Phi) is 5.49. The van der Waals surface area contributed by atoms with Crippen LogP contribution in [0.3, 0.4) is 0 Å². The van der Waals surface area contributed by atoms with E-state index in [4.69, 9.17) is 4.74 Å². The quantitative estimate of drug-likeness (QED) is 0.498. The van der Waals surface area contributed by atoms with Gasteiger partial charge in [-0.2, -0.15) is 0 Å². The van der Waals surface area contributed by atoms with Crippen LogP contribution in [0.1, 0.15) is 30.5 Å². The molecule has 2 aromatic carbocycles. The van der Waals surface area contributed by atoms with Crippen molar-refractivity contribution in [2.75, 3.05) is 12.4 Å². The number of fused-ring (bicyclic) bond motifs is 1. The first-order valence-corrected chi connectivity index (χ1v) is 8.81. The van der Waals surface area contributed by atoms with E-state index in [9.17, 15) is 13.2 Å². The van der Waals surface area contributed by atoms with Gasteiger partial charge >= 0.3 is 0 Å². The first kappa shape index (κ1) is 18.7. The summed E-state index contributed by atoms with van der Waals surface area (Å²) in [5.41, 5.74) is 0.203. The highest BCUT2D eigenvalue weighted by molar-refractivity contribution is 14.1. The minimum absolute atomic E-state index is 0.151. The second kappa shape index (κ2) is 7.65. The fourth-order valence-corrected chi connectivity index (χ4v) is 3.37. The standard InChI is InChI=1S/C18H15F3IN3O/c1-9(10-4-3-5-11(16(10)19)17(20)21)25-18-12-6-13(22)15(26-2)7-14(12)23-8-24-18/h3-9,17H,1-2H3,(H,23,24,25)/t9-/m1/s1. The number of alkyl halides is 2. The number of methoxy groups -OCH3 is 1. The van der Waals surface area contributed by atoms with Crippen LogP contribution in [0.2, 0.25) is 0 Å². The highest BCUT2D eigenvalue weighted by Gasteiger charge is 2.20. The first-order valence-electron chi connectivity index (χ1n) is 7.73. The van der Waals surface area contributed by atoms with Crippen LogP contribution in [0, 0.1) is 9.39 Å². The van der Waals surface area contributed by atoms with Crippen LogP contribution < -0.4 is 10.1 Å². The van der Waals surface area contributed by atoms with Crippen LogP contribution in [-0.2, 0) is 0 Å². The van der Waals surface area contributed by atoms with Crippen LogP contribution in [-0.4, -0.2) is 17.1 Å². The van der Waals surface area contributed by atoms with E-state index in [0.717, 1.165) is 15.0 Å². The molecule has 0 spiro atoms. The molecule has 136 valence electrons. The van der Waals surface area contributed by atoms with Gasteiger partial charge in [-0.05, 0) is 35.6 Å². The lowest BCUT2D eigenvalue weighted by Gasteiger charge is -2.18. The smallest absolute Gasteiger partial charge is 0.266 e. The predicted octanol–water partition coefficient (Wildman–Crippen LogP) is 5.49. The molecule has 3 aromatic rings. The van der Waals surface area contributed by atoms with Gasteiger partial charge in [0.1, 0.15) is 23.7 Å². The lowest BCUT2D eigenvalue weighted by Crippen LogP contribution is -2.11. The molecule has 0 bridgehead atoms. The number of ether oxygens (including phenoxy) is 1. The Balaban J connectivity index is 1.99. The Morgan fingerprint density at radius 3 is 2.58 bits per heavy atom. The van der Waals surface area contributed by atoms with E-state index in [2.05, 4.69) is 37.9 Å². The molecule has 26 heavy (non-hydrogen) atoms. The van der Waals surface area contributed by atoms with Crippen molar-refractivity contribution in [3.8, 4) is 5.75 Å². The molecule has 1 heterocycles. The highest BCUT2D eigenvalue weighted by atomic mass is 127. The van der Waals surface area contributed by atoms with Crippen molar-refractivity contribution < 1.29 is 17.9 Å². The van der Waals surface area contributed by atoms with E-state index in [1.807, 2.05) is 6.07 Å². The Labute approximate surface area is 161 Å². The summed E-state index contributed by atoms with van der Waals surface area (Å²) in [5, 5.41) is 3.82. The summed E-state index contributed by atoms with van der Waals surface area (Å²) in [6.07, 6.45) is -1.48. The molecule has 0 fully saturated rings. The summed E-state index contributed by atoms with van der Waals surface area (Å²) in [6, 6.07) is 7.07. The molecular formula is C18H15F3IN3O. The lowest BCUT2D eigenvalue weighted by molar-refractivity contribution is 0.146. The molecule has 1 N–H and O–H groups in total. The van der Waals surface area contributed by atoms with Gasteiger partial charge in [0, 0.05) is 17.0 Å². The molecule has 0 aliphatic carbocycles. The maximum Gasteiger partial charge on any atom is 0.266 e. The zero-order valence-electron chi connectivity index (χ0n) is 13.9. The molecule has 0 saturated heterocycles. The number of nitrogens with zero attached hydrogens (tertiary/aromatic N) is 2. The molecule has 1 atom stereocenters. The van der Waals surface area contributed by atoms with Gasteiger partial charge in [-0.1, -0.05) is 18.2 Å². The van der Waals surface area contributed by atoms with Gasteiger partial charge in [0.2, 0.25) is 0 Å². The number of hydrogen-bond acceptors (Lipinski definition) is 4. The Morgan fingerprint density at radius 2 is 1.88 bits per heavy atom. The number of benzene rings is 2. The molecule has 0 radical (unpaired) electrons.